The maximum atomic E-state index is 6.40. The fraction of sp³-hybridized carbons (Fsp3) is 0.600. The third-order valence-electron chi connectivity index (χ3n) is 4.11. The predicted molar refractivity (Wildman–Crippen MR) is 90.5 cm³/mol. The lowest BCUT2D eigenvalue weighted by molar-refractivity contribution is 0.160. The molecule has 1 N–H and O–H groups in total. The Bertz CT molecular complexity index is 404. The fourth-order valence-electron chi connectivity index (χ4n) is 2.88. The molecule has 0 spiro atoms. The Hall–Kier alpha value is 0.01000. The molecular weight excluding hydrogens is 315 g/mol. The number of benzene rings is 1. The molecule has 3 rings (SSSR count). The summed E-state index contributed by atoms with van der Waals surface area (Å²) < 4.78 is 0. The zero-order valence-electron chi connectivity index (χ0n) is 11.6. The molecule has 1 saturated heterocycles. The van der Waals surface area contributed by atoms with Gasteiger partial charge >= 0.3 is 0 Å². The summed E-state index contributed by atoms with van der Waals surface area (Å²) in [5, 5.41) is 4.36. The Morgan fingerprint density at radius 3 is 2.40 bits per heavy atom. The number of nitrogens with zero attached hydrogens (tertiary/aromatic N) is 1. The van der Waals surface area contributed by atoms with Gasteiger partial charge in [0.1, 0.15) is 0 Å². The maximum Gasteiger partial charge on any atom is 0.0453 e. The lowest BCUT2D eigenvalue weighted by Crippen LogP contribution is -2.45. The lowest BCUT2D eigenvalue weighted by Gasteiger charge is -2.35. The summed E-state index contributed by atoms with van der Waals surface area (Å²) in [5.74, 6) is 0.932. The van der Waals surface area contributed by atoms with Crippen molar-refractivity contribution in [3.05, 3.63) is 34.9 Å². The van der Waals surface area contributed by atoms with Gasteiger partial charge in [0.15, 0.2) is 0 Å². The summed E-state index contributed by atoms with van der Waals surface area (Å²) in [6, 6.07) is 8.89. The Morgan fingerprint density at radius 2 is 1.80 bits per heavy atom. The molecular formula is C15H23Cl3N2. The summed E-state index contributed by atoms with van der Waals surface area (Å²) in [6.07, 6.45) is 4.10. The quantitative estimate of drug-likeness (QED) is 0.895. The van der Waals surface area contributed by atoms with Crippen molar-refractivity contribution in [2.45, 2.75) is 25.3 Å². The van der Waals surface area contributed by atoms with Gasteiger partial charge in [-0.05, 0) is 24.0 Å². The van der Waals surface area contributed by atoms with Gasteiger partial charge in [0, 0.05) is 37.2 Å². The minimum Gasteiger partial charge on any atom is -0.314 e. The molecule has 1 aliphatic heterocycles. The molecule has 2 nitrogen and oxygen atoms in total. The Morgan fingerprint density at radius 1 is 1.15 bits per heavy atom. The van der Waals surface area contributed by atoms with Crippen molar-refractivity contribution in [2.24, 2.45) is 5.92 Å². The van der Waals surface area contributed by atoms with Crippen LogP contribution < -0.4 is 5.32 Å². The lowest BCUT2D eigenvalue weighted by atomic mass is 9.98. The molecule has 5 heteroatoms. The van der Waals surface area contributed by atoms with Crippen LogP contribution in [0.1, 0.15) is 30.9 Å². The maximum absolute atomic E-state index is 6.40. The highest BCUT2D eigenvalue weighted by Crippen LogP contribution is 2.41. The third kappa shape index (κ3) is 4.51. The molecule has 1 atom stereocenters. The van der Waals surface area contributed by atoms with E-state index in [9.17, 15) is 0 Å². The topological polar surface area (TPSA) is 15.3 Å². The van der Waals surface area contributed by atoms with E-state index in [0.29, 0.717) is 6.04 Å². The molecule has 1 heterocycles. The number of nitrogens with one attached hydrogen (secondary N) is 1. The summed E-state index contributed by atoms with van der Waals surface area (Å²) in [6.45, 7) is 4.49. The second-order valence-corrected chi connectivity index (χ2v) is 5.91. The first-order valence-corrected chi connectivity index (χ1v) is 7.41. The van der Waals surface area contributed by atoms with E-state index in [-0.39, 0.29) is 24.8 Å². The van der Waals surface area contributed by atoms with Crippen molar-refractivity contribution < 1.29 is 0 Å². The first kappa shape index (κ1) is 18.1. The Balaban J connectivity index is 0.000001000. The van der Waals surface area contributed by atoms with Gasteiger partial charge in [-0.3, -0.25) is 4.90 Å². The van der Waals surface area contributed by atoms with E-state index in [4.69, 9.17) is 11.6 Å². The average Bonchev–Trinajstić information content (AvgIpc) is 3.22. The van der Waals surface area contributed by atoms with Crippen LogP contribution in [-0.4, -0.2) is 31.1 Å². The summed E-state index contributed by atoms with van der Waals surface area (Å²) in [4.78, 5) is 2.61. The molecule has 114 valence electrons. The molecule has 1 aromatic rings. The van der Waals surface area contributed by atoms with E-state index in [0.717, 1.165) is 37.1 Å². The van der Waals surface area contributed by atoms with Crippen LogP contribution in [0, 0.1) is 5.92 Å². The molecule has 1 saturated carbocycles. The van der Waals surface area contributed by atoms with Crippen molar-refractivity contribution in [2.75, 3.05) is 26.2 Å². The molecule has 2 fully saturated rings. The largest absolute Gasteiger partial charge is 0.314 e. The van der Waals surface area contributed by atoms with E-state index in [1.807, 2.05) is 12.1 Å². The number of hydrogen-bond acceptors (Lipinski definition) is 2. The number of hydrogen-bond donors (Lipinski definition) is 1. The van der Waals surface area contributed by atoms with Crippen molar-refractivity contribution in [3.8, 4) is 0 Å². The van der Waals surface area contributed by atoms with Crippen molar-refractivity contribution in [1.82, 2.24) is 10.2 Å². The minimum absolute atomic E-state index is 0. The van der Waals surface area contributed by atoms with Gasteiger partial charge in [-0.25, -0.2) is 0 Å². The highest BCUT2D eigenvalue weighted by molar-refractivity contribution is 6.31. The third-order valence-corrected chi connectivity index (χ3v) is 4.45. The van der Waals surface area contributed by atoms with Crippen LogP contribution >= 0.6 is 36.4 Å². The van der Waals surface area contributed by atoms with Gasteiger partial charge in [0.2, 0.25) is 0 Å². The summed E-state index contributed by atoms with van der Waals surface area (Å²) in [5.41, 5.74) is 1.33. The summed E-state index contributed by atoms with van der Waals surface area (Å²) in [7, 11) is 0. The van der Waals surface area contributed by atoms with Gasteiger partial charge in [0.25, 0.3) is 0 Å². The Kier molecular flexibility index (Phi) is 7.63. The van der Waals surface area contributed by atoms with E-state index < -0.39 is 0 Å². The van der Waals surface area contributed by atoms with Crippen LogP contribution in [0.5, 0.6) is 0 Å². The molecule has 1 aliphatic carbocycles. The molecule has 0 radical (unpaired) electrons. The SMILES string of the molecule is Cl.Cl.Clc1ccccc1[C@@H](CC1CC1)N1CCNCC1. The number of rotatable bonds is 4. The monoisotopic (exact) mass is 336 g/mol. The van der Waals surface area contributed by atoms with E-state index in [1.54, 1.807) is 0 Å². The second kappa shape index (κ2) is 8.45. The Labute approximate surface area is 139 Å². The number of piperazine rings is 1. The van der Waals surface area contributed by atoms with Gasteiger partial charge in [-0.15, -0.1) is 24.8 Å². The van der Waals surface area contributed by atoms with Crippen LogP contribution in [0.25, 0.3) is 0 Å². The highest BCUT2D eigenvalue weighted by atomic mass is 35.5. The van der Waals surface area contributed by atoms with Gasteiger partial charge < -0.3 is 5.32 Å². The van der Waals surface area contributed by atoms with Crippen LogP contribution in [0.4, 0.5) is 0 Å². The first-order chi connectivity index (χ1) is 8.84. The molecule has 0 aromatic heterocycles. The van der Waals surface area contributed by atoms with E-state index >= 15 is 0 Å². The normalized spacial score (nSPS) is 20.6. The first-order valence-electron chi connectivity index (χ1n) is 7.04. The van der Waals surface area contributed by atoms with Crippen molar-refractivity contribution in [1.29, 1.82) is 0 Å². The van der Waals surface area contributed by atoms with Crippen LogP contribution in [0.15, 0.2) is 24.3 Å². The number of halogens is 3. The standard InChI is InChI=1S/C15H21ClN2.2ClH/c16-14-4-2-1-3-13(14)15(11-12-5-6-12)18-9-7-17-8-10-18;;/h1-4,12,15,17H,5-11H2;2*1H/t15-;;/m1../s1. The van der Waals surface area contributed by atoms with Crippen molar-refractivity contribution in [3.63, 3.8) is 0 Å². The molecule has 20 heavy (non-hydrogen) atoms. The predicted octanol–water partition coefficient (Wildman–Crippen LogP) is 3.93. The van der Waals surface area contributed by atoms with Crippen LogP contribution in [0.3, 0.4) is 0 Å². The van der Waals surface area contributed by atoms with Crippen molar-refractivity contribution >= 4 is 36.4 Å². The summed E-state index contributed by atoms with van der Waals surface area (Å²) >= 11 is 6.40. The smallest absolute Gasteiger partial charge is 0.0453 e. The van der Waals surface area contributed by atoms with Gasteiger partial charge in [-0.2, -0.15) is 0 Å². The molecule has 0 unspecified atom stereocenters. The highest BCUT2D eigenvalue weighted by Gasteiger charge is 2.31. The zero-order valence-corrected chi connectivity index (χ0v) is 13.9. The fourth-order valence-corrected chi connectivity index (χ4v) is 3.14. The molecule has 0 bridgehead atoms. The minimum atomic E-state index is 0. The molecule has 0 amide bonds. The van der Waals surface area contributed by atoms with Gasteiger partial charge in [-0.1, -0.05) is 42.6 Å². The van der Waals surface area contributed by atoms with E-state index in [2.05, 4.69) is 22.3 Å². The van der Waals surface area contributed by atoms with Gasteiger partial charge in [0.05, 0.1) is 0 Å². The second-order valence-electron chi connectivity index (χ2n) is 5.50. The van der Waals surface area contributed by atoms with Crippen LogP contribution in [-0.2, 0) is 0 Å². The zero-order chi connectivity index (χ0) is 12.4. The molecule has 2 aliphatic rings. The van der Waals surface area contributed by atoms with Crippen LogP contribution in [0.2, 0.25) is 5.02 Å². The average molecular weight is 338 g/mol. The van der Waals surface area contributed by atoms with E-state index in [1.165, 1.54) is 24.8 Å². The molecule has 1 aromatic carbocycles.